The lowest BCUT2D eigenvalue weighted by Gasteiger charge is -2.31. The van der Waals surface area contributed by atoms with Gasteiger partial charge in [0.2, 0.25) is 0 Å². The van der Waals surface area contributed by atoms with E-state index in [9.17, 15) is 0 Å². The molecule has 1 saturated heterocycles. The molecule has 0 unspecified atom stereocenters. The van der Waals surface area contributed by atoms with Gasteiger partial charge in [-0.2, -0.15) is 5.10 Å². The fourth-order valence-electron chi connectivity index (χ4n) is 2.69. The van der Waals surface area contributed by atoms with E-state index in [-0.39, 0.29) is 0 Å². The van der Waals surface area contributed by atoms with Crippen LogP contribution in [0.4, 0.5) is 0 Å². The number of ether oxygens (including phenoxy) is 1. The molecule has 0 radical (unpaired) electrons. The van der Waals surface area contributed by atoms with Crippen LogP contribution in [0.15, 0.2) is 36.8 Å². The first-order valence-electron chi connectivity index (χ1n) is 7.61. The van der Waals surface area contributed by atoms with Crippen LogP contribution in [-0.2, 0) is 17.8 Å². The van der Waals surface area contributed by atoms with Crippen LogP contribution in [0.25, 0.3) is 0 Å². The number of hydrogen-bond acceptors (Lipinski definition) is 4. The number of aromatic nitrogens is 3. The van der Waals surface area contributed by atoms with E-state index in [1.165, 1.54) is 5.56 Å². The van der Waals surface area contributed by atoms with Gasteiger partial charge in [0.15, 0.2) is 0 Å². The summed E-state index contributed by atoms with van der Waals surface area (Å²) in [7, 11) is 0. The van der Waals surface area contributed by atoms with Gasteiger partial charge in [-0.05, 0) is 37.0 Å². The molecule has 0 atom stereocenters. The third kappa shape index (κ3) is 4.37. The number of pyridine rings is 1. The summed E-state index contributed by atoms with van der Waals surface area (Å²) in [5, 5.41) is 6.84. The second kappa shape index (κ2) is 7.33. The van der Waals surface area contributed by atoms with Crippen LogP contribution in [0.1, 0.15) is 24.1 Å². The number of H-pyrrole nitrogens is 1. The average Bonchev–Trinajstić information content (AvgIpc) is 3.06. The zero-order chi connectivity index (χ0) is 14.3. The normalized spacial score (nSPS) is 17.1. The Morgan fingerprint density at radius 2 is 2.19 bits per heavy atom. The molecule has 0 aliphatic carbocycles. The molecule has 0 saturated carbocycles. The average molecular weight is 286 g/mol. The Balaban J connectivity index is 1.35. The van der Waals surface area contributed by atoms with Gasteiger partial charge in [-0.3, -0.25) is 10.1 Å². The number of piperidine rings is 1. The maximum atomic E-state index is 5.96. The van der Waals surface area contributed by atoms with Gasteiger partial charge in [0, 0.05) is 32.0 Å². The molecular weight excluding hydrogens is 264 g/mol. The minimum Gasteiger partial charge on any atom is -0.372 e. The lowest BCUT2D eigenvalue weighted by atomic mass is 10.1. The quantitative estimate of drug-likeness (QED) is 0.883. The second-order valence-electron chi connectivity index (χ2n) is 5.53. The Bertz CT molecular complexity index is 506. The Morgan fingerprint density at radius 3 is 2.90 bits per heavy atom. The summed E-state index contributed by atoms with van der Waals surface area (Å²) in [5.41, 5.74) is 2.29. The molecule has 1 aliphatic rings. The highest BCUT2D eigenvalue weighted by Crippen LogP contribution is 2.15. The molecule has 2 aromatic heterocycles. The van der Waals surface area contributed by atoms with E-state index in [4.69, 9.17) is 4.74 Å². The molecule has 5 heteroatoms. The first kappa shape index (κ1) is 14.2. The van der Waals surface area contributed by atoms with E-state index in [2.05, 4.69) is 20.1 Å². The summed E-state index contributed by atoms with van der Waals surface area (Å²) < 4.78 is 5.96. The predicted octanol–water partition coefficient (Wildman–Crippen LogP) is 2.03. The Labute approximate surface area is 125 Å². The Kier molecular flexibility index (Phi) is 4.97. The Hall–Kier alpha value is -1.72. The zero-order valence-corrected chi connectivity index (χ0v) is 12.2. The maximum absolute atomic E-state index is 5.96. The number of hydrogen-bond donors (Lipinski definition) is 1. The zero-order valence-electron chi connectivity index (χ0n) is 12.2. The van der Waals surface area contributed by atoms with Gasteiger partial charge in [0.1, 0.15) is 0 Å². The molecule has 1 fully saturated rings. The number of likely N-dealkylation sites (tertiary alicyclic amines) is 1. The number of aromatic amines is 1. The van der Waals surface area contributed by atoms with E-state index in [0.29, 0.717) is 12.7 Å². The summed E-state index contributed by atoms with van der Waals surface area (Å²) in [6.07, 6.45) is 9.35. The predicted molar refractivity (Wildman–Crippen MR) is 80.8 cm³/mol. The minimum absolute atomic E-state index is 0.372. The van der Waals surface area contributed by atoms with Gasteiger partial charge >= 0.3 is 0 Å². The summed E-state index contributed by atoms with van der Waals surface area (Å²) in [6, 6.07) is 5.95. The van der Waals surface area contributed by atoms with E-state index >= 15 is 0 Å². The van der Waals surface area contributed by atoms with Gasteiger partial charge in [0.05, 0.1) is 24.6 Å². The van der Waals surface area contributed by atoms with E-state index in [1.807, 2.05) is 36.8 Å². The lowest BCUT2D eigenvalue weighted by molar-refractivity contribution is -0.00349. The minimum atomic E-state index is 0.372. The maximum Gasteiger partial charge on any atom is 0.0891 e. The molecule has 3 heterocycles. The van der Waals surface area contributed by atoms with Crippen molar-refractivity contribution >= 4 is 0 Å². The van der Waals surface area contributed by atoms with Crippen molar-refractivity contribution < 1.29 is 4.74 Å². The van der Waals surface area contributed by atoms with Crippen LogP contribution >= 0.6 is 0 Å². The monoisotopic (exact) mass is 286 g/mol. The first-order chi connectivity index (χ1) is 10.4. The van der Waals surface area contributed by atoms with Crippen molar-refractivity contribution in [2.24, 2.45) is 0 Å². The van der Waals surface area contributed by atoms with Crippen molar-refractivity contribution in [1.29, 1.82) is 0 Å². The summed E-state index contributed by atoms with van der Waals surface area (Å²) >= 11 is 0. The number of nitrogens with one attached hydrogen (secondary N) is 1. The number of nitrogens with zero attached hydrogens (tertiary/aromatic N) is 3. The lowest BCUT2D eigenvalue weighted by Crippen LogP contribution is -2.38. The molecule has 1 N–H and O–H groups in total. The smallest absolute Gasteiger partial charge is 0.0891 e. The summed E-state index contributed by atoms with van der Waals surface area (Å²) in [5.74, 6) is 0. The van der Waals surface area contributed by atoms with Gasteiger partial charge in [0.25, 0.3) is 0 Å². The van der Waals surface area contributed by atoms with Gasteiger partial charge in [-0.1, -0.05) is 6.07 Å². The van der Waals surface area contributed by atoms with E-state index in [1.54, 1.807) is 0 Å². The molecule has 0 bridgehead atoms. The largest absolute Gasteiger partial charge is 0.372 e. The molecular formula is C16H22N4O. The van der Waals surface area contributed by atoms with Gasteiger partial charge < -0.3 is 9.64 Å². The van der Waals surface area contributed by atoms with Crippen molar-refractivity contribution in [2.75, 3.05) is 19.6 Å². The van der Waals surface area contributed by atoms with Crippen LogP contribution in [0.2, 0.25) is 0 Å². The van der Waals surface area contributed by atoms with Gasteiger partial charge in [-0.25, -0.2) is 0 Å². The fraction of sp³-hybridized carbons (Fsp3) is 0.500. The summed E-state index contributed by atoms with van der Waals surface area (Å²) in [6.45, 7) is 3.96. The van der Waals surface area contributed by atoms with Crippen LogP contribution in [0, 0.1) is 0 Å². The van der Waals surface area contributed by atoms with Gasteiger partial charge in [-0.15, -0.1) is 0 Å². The molecule has 5 nitrogen and oxygen atoms in total. The van der Waals surface area contributed by atoms with E-state index in [0.717, 1.165) is 44.6 Å². The van der Waals surface area contributed by atoms with Crippen molar-refractivity contribution in [1.82, 2.24) is 20.1 Å². The highest BCUT2D eigenvalue weighted by atomic mass is 16.5. The van der Waals surface area contributed by atoms with Crippen LogP contribution in [0.3, 0.4) is 0 Å². The molecule has 0 amide bonds. The summed E-state index contributed by atoms with van der Waals surface area (Å²) in [4.78, 5) is 6.80. The molecule has 2 aromatic rings. The fourth-order valence-corrected chi connectivity index (χ4v) is 2.69. The third-order valence-corrected chi connectivity index (χ3v) is 4.00. The van der Waals surface area contributed by atoms with Crippen LogP contribution in [-0.4, -0.2) is 45.8 Å². The molecule has 1 aliphatic heterocycles. The van der Waals surface area contributed by atoms with Crippen molar-refractivity contribution in [2.45, 2.75) is 32.0 Å². The molecule has 0 aromatic carbocycles. The molecule has 112 valence electrons. The Morgan fingerprint density at radius 1 is 1.29 bits per heavy atom. The van der Waals surface area contributed by atoms with Crippen LogP contribution < -0.4 is 0 Å². The second-order valence-corrected chi connectivity index (χ2v) is 5.53. The SMILES string of the molecule is c1ccc(COC2CCN(CCc3cn[nH]c3)CC2)nc1. The molecule has 0 spiro atoms. The molecule has 3 rings (SSSR count). The van der Waals surface area contributed by atoms with Crippen molar-refractivity contribution in [3.63, 3.8) is 0 Å². The highest BCUT2D eigenvalue weighted by Gasteiger charge is 2.19. The van der Waals surface area contributed by atoms with E-state index < -0.39 is 0 Å². The first-order valence-corrected chi connectivity index (χ1v) is 7.61. The highest BCUT2D eigenvalue weighted by molar-refractivity contribution is 5.03. The van der Waals surface area contributed by atoms with Crippen molar-refractivity contribution in [3.05, 3.63) is 48.0 Å². The third-order valence-electron chi connectivity index (χ3n) is 4.00. The topological polar surface area (TPSA) is 54.0 Å². The standard InChI is InChI=1S/C16H22N4O/c1-2-7-17-15(3-1)13-21-16-5-9-20(10-6-16)8-4-14-11-18-19-12-14/h1-3,7,11-12,16H,4-6,8-10,13H2,(H,18,19). The molecule has 21 heavy (non-hydrogen) atoms. The van der Waals surface area contributed by atoms with Crippen molar-refractivity contribution in [3.8, 4) is 0 Å². The van der Waals surface area contributed by atoms with Crippen LogP contribution in [0.5, 0.6) is 0 Å². The number of rotatable bonds is 6.